The minimum absolute atomic E-state index is 0.0975. The van der Waals surface area contributed by atoms with Gasteiger partial charge in [-0.1, -0.05) is 13.8 Å². The Kier molecular flexibility index (Phi) is 6.60. The molecule has 0 aliphatic carbocycles. The van der Waals surface area contributed by atoms with Crippen molar-refractivity contribution in [2.24, 2.45) is 5.92 Å². The lowest BCUT2D eigenvalue weighted by atomic mass is 10.0. The SMILES string of the molecule is CC(C)CC(C(=O)N1CCCN(S(=O)(=O)N2CCCC2)CC1)n1cccc1. The molecule has 1 unspecified atom stereocenters. The Morgan fingerprint density at radius 2 is 1.48 bits per heavy atom. The summed E-state index contributed by atoms with van der Waals surface area (Å²) in [7, 11) is -3.39. The first-order valence-corrected chi connectivity index (χ1v) is 11.5. The van der Waals surface area contributed by atoms with Gasteiger partial charge in [-0.3, -0.25) is 4.79 Å². The van der Waals surface area contributed by atoms with E-state index in [4.69, 9.17) is 0 Å². The van der Waals surface area contributed by atoms with Gasteiger partial charge >= 0.3 is 0 Å². The number of hydrogen-bond donors (Lipinski definition) is 0. The van der Waals surface area contributed by atoms with E-state index < -0.39 is 10.2 Å². The maximum absolute atomic E-state index is 13.2. The minimum Gasteiger partial charge on any atom is -0.342 e. The van der Waals surface area contributed by atoms with Gasteiger partial charge in [0.15, 0.2) is 0 Å². The van der Waals surface area contributed by atoms with Crippen LogP contribution in [-0.2, 0) is 15.0 Å². The third kappa shape index (κ3) is 4.73. The van der Waals surface area contributed by atoms with E-state index in [9.17, 15) is 13.2 Å². The Morgan fingerprint density at radius 3 is 2.11 bits per heavy atom. The number of nitrogens with zero attached hydrogens (tertiary/aromatic N) is 4. The highest BCUT2D eigenvalue weighted by Gasteiger charge is 2.34. The Labute approximate surface area is 163 Å². The quantitative estimate of drug-likeness (QED) is 0.738. The van der Waals surface area contributed by atoms with Crippen molar-refractivity contribution in [3.05, 3.63) is 24.5 Å². The number of carbonyl (C=O) groups excluding carboxylic acids is 1. The van der Waals surface area contributed by atoms with Crippen molar-refractivity contribution in [3.8, 4) is 0 Å². The maximum Gasteiger partial charge on any atom is 0.282 e. The van der Waals surface area contributed by atoms with Crippen molar-refractivity contribution in [1.82, 2.24) is 18.1 Å². The molecule has 0 spiro atoms. The average Bonchev–Trinajstić information content (AvgIpc) is 3.29. The van der Waals surface area contributed by atoms with Gasteiger partial charge in [-0.05, 0) is 43.7 Å². The molecule has 2 aliphatic rings. The fourth-order valence-electron chi connectivity index (χ4n) is 3.99. The molecule has 1 aromatic heterocycles. The molecule has 2 aliphatic heterocycles. The van der Waals surface area contributed by atoms with Crippen molar-refractivity contribution in [2.75, 3.05) is 39.3 Å². The smallest absolute Gasteiger partial charge is 0.282 e. The lowest BCUT2D eigenvalue weighted by Crippen LogP contribution is -2.45. The molecule has 152 valence electrons. The Morgan fingerprint density at radius 1 is 0.889 bits per heavy atom. The summed E-state index contributed by atoms with van der Waals surface area (Å²) in [6.07, 6.45) is 7.20. The number of rotatable bonds is 6. The molecule has 0 aromatic carbocycles. The summed E-state index contributed by atoms with van der Waals surface area (Å²) in [5.41, 5.74) is 0. The summed E-state index contributed by atoms with van der Waals surface area (Å²) in [6, 6.07) is 3.66. The highest BCUT2D eigenvalue weighted by Crippen LogP contribution is 2.23. The normalized spacial score (nSPS) is 21.5. The standard InChI is InChI=1S/C19H32N4O3S/c1-17(2)16-18(20-8-3-4-9-20)19(24)21-10-7-13-23(15-14-21)27(25,26)22-11-5-6-12-22/h3-4,8-9,17-18H,5-7,10-16H2,1-2H3. The summed E-state index contributed by atoms with van der Waals surface area (Å²) in [5, 5.41) is 0. The molecule has 7 nitrogen and oxygen atoms in total. The lowest BCUT2D eigenvalue weighted by molar-refractivity contribution is -0.135. The van der Waals surface area contributed by atoms with Crippen LogP contribution in [0.15, 0.2) is 24.5 Å². The molecule has 0 radical (unpaired) electrons. The van der Waals surface area contributed by atoms with Crippen LogP contribution >= 0.6 is 0 Å². The first kappa shape index (κ1) is 20.4. The largest absolute Gasteiger partial charge is 0.342 e. The van der Waals surface area contributed by atoms with Crippen LogP contribution in [0, 0.1) is 5.92 Å². The Balaban J connectivity index is 1.68. The molecule has 0 saturated carbocycles. The fraction of sp³-hybridized carbons (Fsp3) is 0.737. The number of aromatic nitrogens is 1. The van der Waals surface area contributed by atoms with Gasteiger partial charge in [-0.25, -0.2) is 0 Å². The zero-order chi connectivity index (χ0) is 19.4. The molecule has 1 atom stereocenters. The second kappa shape index (κ2) is 8.75. The number of carbonyl (C=O) groups is 1. The molecule has 0 bridgehead atoms. The predicted octanol–water partition coefficient (Wildman–Crippen LogP) is 1.95. The van der Waals surface area contributed by atoms with Gasteiger partial charge in [-0.2, -0.15) is 17.0 Å². The van der Waals surface area contributed by atoms with Gasteiger partial charge in [0.05, 0.1) is 0 Å². The van der Waals surface area contributed by atoms with Crippen LogP contribution in [0.2, 0.25) is 0 Å². The predicted molar refractivity (Wildman–Crippen MR) is 105 cm³/mol. The molecule has 27 heavy (non-hydrogen) atoms. The van der Waals surface area contributed by atoms with E-state index in [1.165, 1.54) is 0 Å². The van der Waals surface area contributed by atoms with E-state index in [2.05, 4.69) is 13.8 Å². The zero-order valence-corrected chi connectivity index (χ0v) is 17.3. The number of amides is 1. The lowest BCUT2D eigenvalue weighted by Gasteiger charge is -2.29. The van der Waals surface area contributed by atoms with Crippen LogP contribution in [0.4, 0.5) is 0 Å². The van der Waals surface area contributed by atoms with Gasteiger partial charge in [0.2, 0.25) is 5.91 Å². The fourth-order valence-corrected chi connectivity index (χ4v) is 5.71. The average molecular weight is 397 g/mol. The van der Waals surface area contributed by atoms with Crippen LogP contribution in [0.1, 0.15) is 45.6 Å². The second-order valence-corrected chi connectivity index (χ2v) is 9.90. The van der Waals surface area contributed by atoms with Crippen molar-refractivity contribution in [2.45, 2.75) is 45.6 Å². The molecule has 3 rings (SSSR count). The topological polar surface area (TPSA) is 65.9 Å². The van der Waals surface area contributed by atoms with Gasteiger partial charge < -0.3 is 9.47 Å². The number of hydrogen-bond acceptors (Lipinski definition) is 3. The van der Waals surface area contributed by atoms with Crippen molar-refractivity contribution >= 4 is 16.1 Å². The van der Waals surface area contributed by atoms with E-state index >= 15 is 0 Å². The molecule has 1 amide bonds. The highest BCUT2D eigenvalue weighted by molar-refractivity contribution is 7.86. The third-order valence-corrected chi connectivity index (χ3v) is 7.49. The van der Waals surface area contributed by atoms with Crippen LogP contribution in [0.25, 0.3) is 0 Å². The van der Waals surface area contributed by atoms with E-state index in [0.29, 0.717) is 51.6 Å². The maximum atomic E-state index is 13.2. The first-order chi connectivity index (χ1) is 12.9. The Bertz CT molecular complexity index is 711. The van der Waals surface area contributed by atoms with E-state index in [1.54, 1.807) is 8.61 Å². The molecule has 2 fully saturated rings. The van der Waals surface area contributed by atoms with Crippen molar-refractivity contribution in [3.63, 3.8) is 0 Å². The van der Waals surface area contributed by atoms with Crippen LogP contribution in [-0.4, -0.2) is 71.7 Å². The summed E-state index contributed by atoms with van der Waals surface area (Å²) in [6.45, 7) is 7.42. The molecule has 1 aromatic rings. The summed E-state index contributed by atoms with van der Waals surface area (Å²) in [5.74, 6) is 0.501. The molecular weight excluding hydrogens is 364 g/mol. The zero-order valence-electron chi connectivity index (χ0n) is 16.5. The van der Waals surface area contributed by atoms with Crippen LogP contribution in [0.3, 0.4) is 0 Å². The summed E-state index contributed by atoms with van der Waals surface area (Å²) >= 11 is 0. The van der Waals surface area contributed by atoms with E-state index in [1.807, 2.05) is 34.0 Å². The van der Waals surface area contributed by atoms with Crippen molar-refractivity contribution in [1.29, 1.82) is 0 Å². The van der Waals surface area contributed by atoms with Gasteiger partial charge in [0.25, 0.3) is 10.2 Å². The summed E-state index contributed by atoms with van der Waals surface area (Å²) in [4.78, 5) is 15.1. The molecule has 2 saturated heterocycles. The van der Waals surface area contributed by atoms with Gasteiger partial charge in [-0.15, -0.1) is 0 Å². The summed E-state index contributed by atoms with van der Waals surface area (Å²) < 4.78 is 30.8. The van der Waals surface area contributed by atoms with Crippen LogP contribution < -0.4 is 0 Å². The Hall–Kier alpha value is -1.38. The second-order valence-electron chi connectivity index (χ2n) is 7.97. The van der Waals surface area contributed by atoms with Crippen LogP contribution in [0.5, 0.6) is 0 Å². The molecular formula is C19H32N4O3S. The van der Waals surface area contributed by atoms with Gasteiger partial charge in [0.1, 0.15) is 6.04 Å². The van der Waals surface area contributed by atoms with E-state index in [-0.39, 0.29) is 11.9 Å². The molecule has 0 N–H and O–H groups in total. The third-order valence-electron chi connectivity index (χ3n) is 5.45. The first-order valence-electron chi connectivity index (χ1n) is 10.1. The molecule has 3 heterocycles. The van der Waals surface area contributed by atoms with Gasteiger partial charge in [0, 0.05) is 51.7 Å². The monoisotopic (exact) mass is 396 g/mol. The van der Waals surface area contributed by atoms with Crippen molar-refractivity contribution < 1.29 is 13.2 Å². The van der Waals surface area contributed by atoms with E-state index in [0.717, 1.165) is 19.3 Å². The highest BCUT2D eigenvalue weighted by atomic mass is 32.2. The molecule has 8 heteroatoms. The minimum atomic E-state index is -3.39.